The molecular formula is C27H18N4. The highest BCUT2D eigenvalue weighted by atomic mass is 15.2. The van der Waals surface area contributed by atoms with Gasteiger partial charge in [0.2, 0.25) is 0 Å². The van der Waals surface area contributed by atoms with Crippen LogP contribution >= 0.6 is 0 Å². The molecule has 0 unspecified atom stereocenters. The van der Waals surface area contributed by atoms with Crippen LogP contribution in [0.3, 0.4) is 0 Å². The van der Waals surface area contributed by atoms with E-state index in [9.17, 15) is 0 Å². The van der Waals surface area contributed by atoms with E-state index in [4.69, 9.17) is 0 Å². The molecule has 0 amide bonds. The van der Waals surface area contributed by atoms with Gasteiger partial charge in [0, 0.05) is 54.3 Å². The average Bonchev–Trinajstić information content (AvgIpc) is 2.85. The molecule has 4 heteroatoms. The number of rotatable bonds is 3. The Balaban J connectivity index is 1.55. The fourth-order valence-electron chi connectivity index (χ4n) is 4.17. The lowest BCUT2D eigenvalue weighted by Crippen LogP contribution is -2.26. The van der Waals surface area contributed by atoms with Crippen LogP contribution in [-0.2, 0) is 0 Å². The van der Waals surface area contributed by atoms with Crippen molar-refractivity contribution in [3.05, 3.63) is 144 Å². The predicted molar refractivity (Wildman–Crippen MR) is 123 cm³/mol. The Morgan fingerprint density at radius 1 is 0.387 bits per heavy atom. The first-order valence-electron chi connectivity index (χ1n) is 10.2. The van der Waals surface area contributed by atoms with Crippen molar-refractivity contribution in [1.82, 2.24) is 19.9 Å². The molecule has 0 spiro atoms. The lowest BCUT2D eigenvalue weighted by atomic mass is 9.90. The number of nitrogens with zero attached hydrogens (tertiary/aromatic N) is 4. The van der Waals surface area contributed by atoms with Gasteiger partial charge in [-0.1, -0.05) is 0 Å². The van der Waals surface area contributed by atoms with Gasteiger partial charge < -0.3 is 4.90 Å². The van der Waals surface area contributed by atoms with Crippen molar-refractivity contribution in [2.75, 3.05) is 0 Å². The second kappa shape index (κ2) is 7.18. The van der Waals surface area contributed by atoms with E-state index in [0.29, 0.717) is 0 Å². The molecular weight excluding hydrogens is 380 g/mol. The van der Waals surface area contributed by atoms with Crippen molar-refractivity contribution >= 4 is 16.7 Å². The molecule has 146 valence electrons. The summed E-state index contributed by atoms with van der Waals surface area (Å²) >= 11 is 0. The van der Waals surface area contributed by atoms with Gasteiger partial charge in [-0.25, -0.2) is 0 Å². The second-order valence-electron chi connectivity index (χ2n) is 7.55. The minimum Gasteiger partial charge on any atom is -0.310 e. The summed E-state index contributed by atoms with van der Waals surface area (Å²) in [6.45, 7) is 0. The third-order valence-electron chi connectivity index (χ3n) is 5.64. The van der Waals surface area contributed by atoms with Crippen molar-refractivity contribution in [3.8, 4) is 0 Å². The van der Waals surface area contributed by atoms with Gasteiger partial charge in [0.15, 0.2) is 0 Å². The van der Waals surface area contributed by atoms with Gasteiger partial charge in [0.25, 0.3) is 0 Å². The van der Waals surface area contributed by atoms with Gasteiger partial charge in [-0.05, 0) is 106 Å². The third-order valence-corrected chi connectivity index (χ3v) is 5.64. The topological polar surface area (TPSA) is 41.9 Å². The van der Waals surface area contributed by atoms with Crippen molar-refractivity contribution in [2.45, 2.75) is 0 Å². The Bertz CT molecular complexity index is 1170. The van der Waals surface area contributed by atoms with E-state index in [2.05, 4.69) is 92.7 Å². The van der Waals surface area contributed by atoms with Crippen LogP contribution in [0.4, 0.5) is 0 Å². The van der Waals surface area contributed by atoms with Crippen molar-refractivity contribution < 1.29 is 0 Å². The Labute approximate surface area is 180 Å². The zero-order valence-electron chi connectivity index (χ0n) is 16.7. The molecule has 31 heavy (non-hydrogen) atoms. The van der Waals surface area contributed by atoms with Crippen molar-refractivity contribution in [1.29, 1.82) is 0 Å². The van der Waals surface area contributed by atoms with Gasteiger partial charge >= 0.3 is 0 Å². The Morgan fingerprint density at radius 2 is 0.677 bits per heavy atom. The van der Waals surface area contributed by atoms with Crippen LogP contribution in [0, 0.1) is 0 Å². The van der Waals surface area contributed by atoms with Crippen LogP contribution in [0.1, 0.15) is 16.7 Å². The van der Waals surface area contributed by atoms with Gasteiger partial charge in [-0.2, -0.15) is 0 Å². The smallest absolute Gasteiger partial charge is 0.0474 e. The summed E-state index contributed by atoms with van der Waals surface area (Å²) in [5.41, 5.74) is 10.4. The molecule has 0 saturated heterocycles. The molecule has 0 aromatic carbocycles. The molecule has 0 radical (unpaired) electrons. The van der Waals surface area contributed by atoms with E-state index < -0.39 is 0 Å². The van der Waals surface area contributed by atoms with Crippen LogP contribution < -0.4 is 0 Å². The first kappa shape index (κ1) is 17.5. The normalized spacial score (nSPS) is 16.8. The highest BCUT2D eigenvalue weighted by Gasteiger charge is 2.27. The fraction of sp³-hybridized carbons (Fsp3) is 0. The summed E-state index contributed by atoms with van der Waals surface area (Å²) in [6, 6.07) is 12.3. The summed E-state index contributed by atoms with van der Waals surface area (Å²) < 4.78 is 0. The minimum absolute atomic E-state index is 1.15. The molecule has 6 heterocycles. The summed E-state index contributed by atoms with van der Waals surface area (Å²) in [6.07, 6.45) is 24.5. The fourth-order valence-corrected chi connectivity index (χ4v) is 4.17. The van der Waals surface area contributed by atoms with Crippen LogP contribution in [0.2, 0.25) is 0 Å². The number of hydrogen-bond donors (Lipinski definition) is 0. The average molecular weight is 398 g/mol. The molecule has 0 saturated carbocycles. The Hall–Kier alpha value is -4.31. The maximum Gasteiger partial charge on any atom is 0.0474 e. The maximum absolute atomic E-state index is 4.17. The summed E-state index contributed by atoms with van der Waals surface area (Å²) in [4.78, 5) is 14.8. The van der Waals surface area contributed by atoms with Crippen LogP contribution in [-0.4, -0.2) is 19.9 Å². The van der Waals surface area contributed by atoms with E-state index in [1.165, 1.54) is 16.7 Å². The van der Waals surface area contributed by atoms with E-state index in [-0.39, 0.29) is 0 Å². The largest absolute Gasteiger partial charge is 0.310 e. The third kappa shape index (κ3) is 3.15. The molecule has 0 fully saturated rings. The van der Waals surface area contributed by atoms with E-state index in [0.717, 1.165) is 33.8 Å². The maximum atomic E-state index is 4.17. The molecule has 3 aliphatic rings. The minimum atomic E-state index is 1.15. The molecule has 0 N–H and O–H groups in total. The molecule has 3 aromatic rings. The Kier molecular flexibility index (Phi) is 4.06. The number of hydrogen-bond acceptors (Lipinski definition) is 4. The summed E-state index contributed by atoms with van der Waals surface area (Å²) in [7, 11) is 0. The quantitative estimate of drug-likeness (QED) is 0.591. The van der Waals surface area contributed by atoms with Crippen molar-refractivity contribution in [2.24, 2.45) is 0 Å². The lowest BCUT2D eigenvalue weighted by Gasteiger charge is -2.37. The van der Waals surface area contributed by atoms with E-state index in [1.54, 1.807) is 0 Å². The van der Waals surface area contributed by atoms with Crippen molar-refractivity contribution in [3.63, 3.8) is 0 Å². The van der Waals surface area contributed by atoms with Crippen LogP contribution in [0.15, 0.2) is 127 Å². The number of allylic oxidation sites excluding steroid dienone is 9. The molecule has 4 nitrogen and oxygen atoms in total. The number of pyridine rings is 3. The highest BCUT2D eigenvalue weighted by molar-refractivity contribution is 5.89. The van der Waals surface area contributed by atoms with Gasteiger partial charge in [-0.15, -0.1) is 0 Å². The molecule has 3 aliphatic heterocycles. The van der Waals surface area contributed by atoms with Gasteiger partial charge in [0.1, 0.15) is 0 Å². The zero-order valence-corrected chi connectivity index (χ0v) is 16.7. The predicted octanol–water partition coefficient (Wildman–Crippen LogP) is 5.42. The van der Waals surface area contributed by atoms with Crippen LogP contribution in [0.25, 0.3) is 16.7 Å². The van der Waals surface area contributed by atoms with Crippen LogP contribution in [0.5, 0.6) is 0 Å². The second-order valence-corrected chi connectivity index (χ2v) is 7.55. The monoisotopic (exact) mass is 398 g/mol. The molecule has 0 atom stereocenters. The number of aromatic nitrogens is 3. The molecule has 0 bridgehead atoms. The molecule has 0 aliphatic carbocycles. The van der Waals surface area contributed by atoms with Gasteiger partial charge in [0.05, 0.1) is 0 Å². The first-order chi connectivity index (χ1) is 15.3. The van der Waals surface area contributed by atoms with E-state index >= 15 is 0 Å². The van der Waals surface area contributed by atoms with E-state index in [1.807, 2.05) is 37.2 Å². The SMILES string of the molecule is C1=C(c2ccncc2)C=C2C=C(c3ccncc3)C=C3C=C(c4ccncc4)C=C1N23. The first-order valence-corrected chi connectivity index (χ1v) is 10.2. The van der Waals surface area contributed by atoms with Gasteiger partial charge in [-0.3, -0.25) is 15.0 Å². The highest BCUT2D eigenvalue weighted by Crippen LogP contribution is 2.42. The standard InChI is InChI=1S/C27H18N4/c1-7-28-8-2-19(1)22-13-25-15-23(20-3-9-29-10-4-20)17-27-18-24(16-26(14-22)31(25)27)21-5-11-30-12-6-21/h1-18H. The lowest BCUT2D eigenvalue weighted by molar-refractivity contribution is 0.567. The molecule has 6 rings (SSSR count). The Morgan fingerprint density at radius 3 is 0.968 bits per heavy atom. The summed E-state index contributed by atoms with van der Waals surface area (Å²) in [5, 5.41) is 0. The summed E-state index contributed by atoms with van der Waals surface area (Å²) in [5.74, 6) is 0. The zero-order chi connectivity index (χ0) is 20.6. The molecule has 3 aromatic heterocycles.